The minimum atomic E-state index is 0.685. The third-order valence-electron chi connectivity index (χ3n) is 2.41. The zero-order valence-corrected chi connectivity index (χ0v) is 8.41. The van der Waals surface area contributed by atoms with Gasteiger partial charge in [0.25, 0.3) is 0 Å². The third-order valence-corrected chi connectivity index (χ3v) is 3.26. The maximum atomic E-state index is 6.07. The van der Waals surface area contributed by atoms with Crippen LogP contribution in [-0.2, 0) is 12.8 Å². The standard InChI is InChI=1S/C10H10Cl2/c1-6-4-7-2-3-9(11)10(12)8(7)5-6/h2-3,6H,4-5H2,1H3. The highest BCUT2D eigenvalue weighted by atomic mass is 35.5. The number of fused-ring (bicyclic) bond motifs is 1. The Morgan fingerprint density at radius 2 is 2.00 bits per heavy atom. The van der Waals surface area contributed by atoms with Crippen LogP contribution in [0.25, 0.3) is 0 Å². The van der Waals surface area contributed by atoms with Crippen molar-refractivity contribution in [3.05, 3.63) is 33.3 Å². The van der Waals surface area contributed by atoms with Crippen LogP contribution in [0.4, 0.5) is 0 Å². The fourth-order valence-corrected chi connectivity index (χ4v) is 2.28. The number of rotatable bonds is 0. The van der Waals surface area contributed by atoms with E-state index >= 15 is 0 Å². The Morgan fingerprint density at radius 3 is 2.75 bits per heavy atom. The second-order valence-corrected chi connectivity index (χ2v) is 4.30. The lowest BCUT2D eigenvalue weighted by molar-refractivity contribution is 0.628. The molecule has 2 heteroatoms. The van der Waals surface area contributed by atoms with Crippen LogP contribution in [0.3, 0.4) is 0 Å². The molecular formula is C10H10Cl2. The van der Waals surface area contributed by atoms with Gasteiger partial charge in [0.05, 0.1) is 10.0 Å². The minimum absolute atomic E-state index is 0.685. The summed E-state index contributed by atoms with van der Waals surface area (Å²) < 4.78 is 0. The summed E-state index contributed by atoms with van der Waals surface area (Å²) in [5.41, 5.74) is 2.63. The van der Waals surface area contributed by atoms with Gasteiger partial charge in [0.1, 0.15) is 0 Å². The first kappa shape index (κ1) is 8.40. The van der Waals surface area contributed by atoms with Crippen LogP contribution < -0.4 is 0 Å². The van der Waals surface area contributed by atoms with E-state index in [-0.39, 0.29) is 0 Å². The van der Waals surface area contributed by atoms with Crippen molar-refractivity contribution in [1.82, 2.24) is 0 Å². The molecule has 2 rings (SSSR count). The van der Waals surface area contributed by atoms with Gasteiger partial charge in [-0.1, -0.05) is 36.2 Å². The highest BCUT2D eigenvalue weighted by molar-refractivity contribution is 6.42. The largest absolute Gasteiger partial charge is 0.0827 e. The molecule has 1 aromatic rings. The number of halogens is 2. The molecule has 12 heavy (non-hydrogen) atoms. The normalized spacial score (nSPS) is 21.1. The molecule has 0 bridgehead atoms. The molecule has 1 unspecified atom stereocenters. The average Bonchev–Trinajstić information content (AvgIpc) is 2.39. The SMILES string of the molecule is CC1Cc2ccc(Cl)c(Cl)c2C1. The number of hydrogen-bond acceptors (Lipinski definition) is 0. The van der Waals surface area contributed by atoms with Gasteiger partial charge in [-0.05, 0) is 36.0 Å². The van der Waals surface area contributed by atoms with Gasteiger partial charge in [0.15, 0.2) is 0 Å². The molecule has 64 valence electrons. The Hall–Kier alpha value is -0.200. The molecule has 0 heterocycles. The Morgan fingerprint density at radius 1 is 1.25 bits per heavy atom. The van der Waals surface area contributed by atoms with Crippen LogP contribution in [0.2, 0.25) is 10.0 Å². The summed E-state index contributed by atoms with van der Waals surface area (Å²) in [5, 5.41) is 1.45. The quantitative estimate of drug-likeness (QED) is 0.599. The van der Waals surface area contributed by atoms with Gasteiger partial charge in [-0.15, -0.1) is 0 Å². The molecule has 1 aliphatic rings. The van der Waals surface area contributed by atoms with Crippen molar-refractivity contribution >= 4 is 23.2 Å². The molecule has 1 aromatic carbocycles. The van der Waals surface area contributed by atoms with Crippen molar-refractivity contribution in [3.63, 3.8) is 0 Å². The van der Waals surface area contributed by atoms with Gasteiger partial charge in [-0.2, -0.15) is 0 Å². The van der Waals surface area contributed by atoms with Gasteiger partial charge in [0.2, 0.25) is 0 Å². The van der Waals surface area contributed by atoms with Gasteiger partial charge in [-0.3, -0.25) is 0 Å². The van der Waals surface area contributed by atoms with Crippen molar-refractivity contribution < 1.29 is 0 Å². The Labute approximate surface area is 82.5 Å². The lowest BCUT2D eigenvalue weighted by Gasteiger charge is -2.02. The molecule has 0 radical (unpaired) electrons. The Bertz CT molecular complexity index is 318. The predicted octanol–water partition coefficient (Wildman–Crippen LogP) is 3.73. The van der Waals surface area contributed by atoms with E-state index in [1.54, 1.807) is 0 Å². The zero-order chi connectivity index (χ0) is 8.72. The van der Waals surface area contributed by atoms with E-state index in [1.807, 2.05) is 6.07 Å². The summed E-state index contributed by atoms with van der Waals surface area (Å²) in [4.78, 5) is 0. The topological polar surface area (TPSA) is 0 Å². The summed E-state index contributed by atoms with van der Waals surface area (Å²) in [6.45, 7) is 2.24. The van der Waals surface area contributed by atoms with E-state index in [4.69, 9.17) is 23.2 Å². The molecule has 1 aliphatic carbocycles. The number of hydrogen-bond donors (Lipinski definition) is 0. The van der Waals surface area contributed by atoms with Crippen LogP contribution in [0, 0.1) is 5.92 Å². The summed E-state index contributed by atoms with van der Waals surface area (Å²) in [7, 11) is 0. The molecule has 0 aromatic heterocycles. The van der Waals surface area contributed by atoms with Crippen molar-refractivity contribution in [1.29, 1.82) is 0 Å². The van der Waals surface area contributed by atoms with Gasteiger partial charge < -0.3 is 0 Å². The molecule has 0 amide bonds. The van der Waals surface area contributed by atoms with E-state index in [9.17, 15) is 0 Å². The fourth-order valence-electron chi connectivity index (χ4n) is 1.84. The van der Waals surface area contributed by atoms with E-state index < -0.39 is 0 Å². The van der Waals surface area contributed by atoms with Crippen molar-refractivity contribution in [2.45, 2.75) is 19.8 Å². The highest BCUT2D eigenvalue weighted by Crippen LogP contribution is 2.36. The zero-order valence-electron chi connectivity index (χ0n) is 6.90. The van der Waals surface area contributed by atoms with E-state index in [1.165, 1.54) is 11.1 Å². The molecule has 0 saturated heterocycles. The smallest absolute Gasteiger partial charge is 0.0627 e. The second kappa shape index (κ2) is 2.93. The van der Waals surface area contributed by atoms with Crippen molar-refractivity contribution in [2.24, 2.45) is 5.92 Å². The van der Waals surface area contributed by atoms with Gasteiger partial charge in [0, 0.05) is 0 Å². The van der Waals surface area contributed by atoms with Crippen LogP contribution in [0.5, 0.6) is 0 Å². The third kappa shape index (κ3) is 1.23. The van der Waals surface area contributed by atoms with Crippen LogP contribution in [0.1, 0.15) is 18.1 Å². The lowest BCUT2D eigenvalue weighted by atomic mass is 10.1. The molecule has 0 nitrogen and oxygen atoms in total. The molecule has 0 N–H and O–H groups in total. The molecule has 0 aliphatic heterocycles. The van der Waals surface area contributed by atoms with Crippen LogP contribution in [-0.4, -0.2) is 0 Å². The van der Waals surface area contributed by atoms with Crippen molar-refractivity contribution in [3.8, 4) is 0 Å². The summed E-state index contributed by atoms with van der Waals surface area (Å²) >= 11 is 12.0. The maximum absolute atomic E-state index is 6.07. The van der Waals surface area contributed by atoms with Crippen molar-refractivity contribution in [2.75, 3.05) is 0 Å². The average molecular weight is 201 g/mol. The molecule has 1 atom stereocenters. The van der Waals surface area contributed by atoms with E-state index in [0.29, 0.717) is 5.02 Å². The molecule has 0 saturated carbocycles. The molecular weight excluding hydrogens is 191 g/mol. The van der Waals surface area contributed by atoms with Gasteiger partial charge in [-0.25, -0.2) is 0 Å². The minimum Gasteiger partial charge on any atom is -0.0827 e. The first-order valence-corrected chi connectivity index (χ1v) is 4.90. The number of benzene rings is 1. The van der Waals surface area contributed by atoms with E-state index in [2.05, 4.69) is 13.0 Å². The second-order valence-electron chi connectivity index (χ2n) is 3.51. The van der Waals surface area contributed by atoms with E-state index in [0.717, 1.165) is 23.8 Å². The maximum Gasteiger partial charge on any atom is 0.0627 e. The molecule has 0 fully saturated rings. The summed E-state index contributed by atoms with van der Waals surface area (Å²) in [6, 6.07) is 3.98. The highest BCUT2D eigenvalue weighted by Gasteiger charge is 2.20. The molecule has 0 spiro atoms. The first-order chi connectivity index (χ1) is 5.68. The van der Waals surface area contributed by atoms with Crippen LogP contribution >= 0.6 is 23.2 Å². The fraction of sp³-hybridized carbons (Fsp3) is 0.400. The first-order valence-electron chi connectivity index (χ1n) is 4.14. The van der Waals surface area contributed by atoms with Gasteiger partial charge >= 0.3 is 0 Å². The Balaban J connectivity index is 2.54. The monoisotopic (exact) mass is 200 g/mol. The Kier molecular flexibility index (Phi) is 2.05. The summed E-state index contributed by atoms with van der Waals surface area (Å²) in [6.07, 6.45) is 2.22. The predicted molar refractivity (Wildman–Crippen MR) is 53.0 cm³/mol. The van der Waals surface area contributed by atoms with Crippen LogP contribution in [0.15, 0.2) is 12.1 Å². The summed E-state index contributed by atoms with van der Waals surface area (Å²) in [5.74, 6) is 0.718. The lowest BCUT2D eigenvalue weighted by Crippen LogP contribution is -1.89.